The van der Waals surface area contributed by atoms with E-state index in [4.69, 9.17) is 9.47 Å². The van der Waals surface area contributed by atoms with Gasteiger partial charge in [0, 0.05) is 6.42 Å². The molecule has 0 saturated heterocycles. The second-order valence-electron chi connectivity index (χ2n) is 5.94. The van der Waals surface area contributed by atoms with Gasteiger partial charge >= 0.3 is 5.97 Å². The van der Waals surface area contributed by atoms with E-state index in [1.165, 1.54) is 25.0 Å². The van der Waals surface area contributed by atoms with Crippen LogP contribution in [0.3, 0.4) is 0 Å². The minimum Gasteiger partial charge on any atom is -0.466 e. The monoisotopic (exact) mass is 320 g/mol. The van der Waals surface area contributed by atoms with Crippen molar-refractivity contribution < 1.29 is 18.7 Å². The van der Waals surface area contributed by atoms with Crippen LogP contribution in [0.4, 0.5) is 4.39 Å². The Morgan fingerprint density at radius 3 is 2.91 bits per heavy atom. The molecule has 1 unspecified atom stereocenters. The Hall–Kier alpha value is -1.68. The number of rotatable bonds is 9. The molecule has 0 bridgehead atoms. The maximum Gasteiger partial charge on any atom is 0.306 e. The van der Waals surface area contributed by atoms with Crippen molar-refractivity contribution in [1.82, 2.24) is 0 Å². The van der Waals surface area contributed by atoms with Crippen LogP contribution in [0, 0.1) is 11.7 Å². The summed E-state index contributed by atoms with van der Waals surface area (Å²) in [6.07, 6.45) is 7.12. The molecule has 1 aromatic carbocycles. The number of carbonyl (C=O) groups is 1. The first-order valence-corrected chi connectivity index (χ1v) is 8.33. The van der Waals surface area contributed by atoms with Gasteiger partial charge in [-0.15, -0.1) is 0 Å². The van der Waals surface area contributed by atoms with E-state index in [2.05, 4.69) is 0 Å². The van der Waals surface area contributed by atoms with Gasteiger partial charge in [0.25, 0.3) is 0 Å². The zero-order valence-corrected chi connectivity index (χ0v) is 13.9. The van der Waals surface area contributed by atoms with Crippen LogP contribution in [-0.2, 0) is 14.3 Å². The van der Waals surface area contributed by atoms with Crippen LogP contribution in [-0.4, -0.2) is 19.2 Å². The van der Waals surface area contributed by atoms with Gasteiger partial charge in [-0.2, -0.15) is 0 Å². The van der Waals surface area contributed by atoms with Gasteiger partial charge in [0.1, 0.15) is 5.82 Å². The summed E-state index contributed by atoms with van der Waals surface area (Å²) < 4.78 is 24.3. The van der Waals surface area contributed by atoms with E-state index in [0.29, 0.717) is 25.4 Å². The molecule has 0 aliphatic heterocycles. The van der Waals surface area contributed by atoms with Crippen LogP contribution >= 0.6 is 0 Å². The Balaban J connectivity index is 1.95. The van der Waals surface area contributed by atoms with Gasteiger partial charge in [0.2, 0.25) is 0 Å². The van der Waals surface area contributed by atoms with Gasteiger partial charge in [-0.3, -0.25) is 4.79 Å². The van der Waals surface area contributed by atoms with Crippen molar-refractivity contribution in [3.63, 3.8) is 0 Å². The molecule has 1 aromatic rings. The lowest BCUT2D eigenvalue weighted by Crippen LogP contribution is -2.05. The van der Waals surface area contributed by atoms with Crippen molar-refractivity contribution >= 4 is 12.0 Å². The summed E-state index contributed by atoms with van der Waals surface area (Å²) in [5.74, 6) is 0.220. The number of benzene rings is 1. The number of halogens is 1. The molecule has 1 fully saturated rings. The fraction of sp³-hybridized carbons (Fsp3) is 0.526. The number of esters is 1. The molecule has 0 aromatic heterocycles. The zero-order valence-electron chi connectivity index (χ0n) is 13.9. The van der Waals surface area contributed by atoms with Crippen molar-refractivity contribution in [2.24, 2.45) is 5.92 Å². The molecule has 1 atom stereocenters. The highest BCUT2D eigenvalue weighted by Crippen LogP contribution is 2.32. The summed E-state index contributed by atoms with van der Waals surface area (Å²) in [5, 5.41) is 0. The molecule has 1 saturated carbocycles. The van der Waals surface area contributed by atoms with Crippen molar-refractivity contribution in [3.8, 4) is 0 Å². The third-order valence-electron chi connectivity index (χ3n) is 3.88. The second kappa shape index (κ2) is 8.82. The molecule has 126 valence electrons. The topological polar surface area (TPSA) is 35.5 Å². The van der Waals surface area contributed by atoms with E-state index in [9.17, 15) is 9.18 Å². The largest absolute Gasteiger partial charge is 0.466 e. The fourth-order valence-electron chi connectivity index (χ4n) is 2.35. The Labute approximate surface area is 137 Å². The van der Waals surface area contributed by atoms with Crippen LogP contribution < -0.4 is 0 Å². The summed E-state index contributed by atoms with van der Waals surface area (Å²) in [6.45, 7) is 4.89. The molecule has 0 N–H and O–H groups in total. The first kappa shape index (κ1) is 17.7. The van der Waals surface area contributed by atoms with Crippen molar-refractivity contribution in [3.05, 3.63) is 41.2 Å². The molecule has 0 radical (unpaired) electrons. The lowest BCUT2D eigenvalue weighted by molar-refractivity contribution is -0.142. The lowest BCUT2D eigenvalue weighted by Gasteiger charge is -2.16. The highest BCUT2D eigenvalue weighted by Gasteiger charge is 2.23. The van der Waals surface area contributed by atoms with Crippen LogP contribution in [0.1, 0.15) is 56.8 Å². The van der Waals surface area contributed by atoms with Crippen LogP contribution in [0.25, 0.3) is 6.08 Å². The molecule has 3 nitrogen and oxygen atoms in total. The summed E-state index contributed by atoms with van der Waals surface area (Å²) in [4.78, 5) is 11.3. The standard InChI is InChI=1S/C19H25FO3/c1-3-22-19(21)7-5-4-6-16-10-11-17(20)12-18(16)14(2)23-13-15-8-9-15/h4,6,10-12,14-15H,3,5,7-9,13H2,1-2H3/b6-4+. The van der Waals surface area contributed by atoms with Crippen LogP contribution in [0.15, 0.2) is 24.3 Å². The number of allylic oxidation sites excluding steroid dienone is 1. The second-order valence-corrected chi connectivity index (χ2v) is 5.94. The molecule has 2 rings (SSSR count). The number of hydrogen-bond donors (Lipinski definition) is 0. The zero-order chi connectivity index (χ0) is 16.7. The van der Waals surface area contributed by atoms with E-state index in [-0.39, 0.29) is 17.9 Å². The minimum absolute atomic E-state index is 0.143. The van der Waals surface area contributed by atoms with Crippen LogP contribution in [0.5, 0.6) is 0 Å². The average molecular weight is 320 g/mol. The van der Waals surface area contributed by atoms with E-state index in [1.54, 1.807) is 13.0 Å². The third kappa shape index (κ3) is 6.14. The molecule has 1 aliphatic carbocycles. The maximum absolute atomic E-state index is 13.6. The average Bonchev–Trinajstić information content (AvgIpc) is 3.35. The van der Waals surface area contributed by atoms with E-state index in [1.807, 2.05) is 19.1 Å². The highest BCUT2D eigenvalue weighted by atomic mass is 19.1. The van der Waals surface area contributed by atoms with E-state index < -0.39 is 0 Å². The quantitative estimate of drug-likeness (QED) is 0.620. The van der Waals surface area contributed by atoms with Gasteiger partial charge < -0.3 is 9.47 Å². The fourth-order valence-corrected chi connectivity index (χ4v) is 2.35. The van der Waals surface area contributed by atoms with E-state index in [0.717, 1.165) is 17.7 Å². The maximum atomic E-state index is 13.6. The third-order valence-corrected chi connectivity index (χ3v) is 3.88. The predicted octanol–water partition coefficient (Wildman–Crippen LogP) is 4.67. The molecule has 23 heavy (non-hydrogen) atoms. The molecule has 0 amide bonds. The summed E-state index contributed by atoms with van der Waals surface area (Å²) in [5.41, 5.74) is 1.77. The Kier molecular flexibility index (Phi) is 6.78. The van der Waals surface area contributed by atoms with Crippen molar-refractivity contribution in [2.75, 3.05) is 13.2 Å². The molecule has 0 spiro atoms. The molecular weight excluding hydrogens is 295 g/mol. The van der Waals surface area contributed by atoms with Crippen LogP contribution in [0.2, 0.25) is 0 Å². The first-order chi connectivity index (χ1) is 11.1. The summed E-state index contributed by atoms with van der Waals surface area (Å²) >= 11 is 0. The Morgan fingerprint density at radius 1 is 1.43 bits per heavy atom. The summed E-state index contributed by atoms with van der Waals surface area (Å²) in [6, 6.07) is 4.73. The van der Waals surface area contributed by atoms with Gasteiger partial charge in [-0.25, -0.2) is 4.39 Å². The Bertz CT molecular complexity index is 550. The smallest absolute Gasteiger partial charge is 0.306 e. The minimum atomic E-state index is -0.259. The SMILES string of the molecule is CCOC(=O)CC/C=C/c1ccc(F)cc1C(C)OCC1CC1. The first-order valence-electron chi connectivity index (χ1n) is 8.33. The molecule has 0 heterocycles. The highest BCUT2D eigenvalue weighted by molar-refractivity contribution is 5.69. The van der Waals surface area contributed by atoms with Gasteiger partial charge in [0.05, 0.1) is 19.3 Å². The summed E-state index contributed by atoms with van der Waals surface area (Å²) in [7, 11) is 0. The molecule has 1 aliphatic rings. The van der Waals surface area contributed by atoms with Gasteiger partial charge in [-0.05, 0) is 62.3 Å². The number of ether oxygens (including phenoxy) is 2. The normalized spacial score (nSPS) is 15.8. The lowest BCUT2D eigenvalue weighted by atomic mass is 10.0. The van der Waals surface area contributed by atoms with E-state index >= 15 is 0 Å². The van der Waals surface area contributed by atoms with Gasteiger partial charge in [0.15, 0.2) is 0 Å². The Morgan fingerprint density at radius 2 is 2.22 bits per heavy atom. The van der Waals surface area contributed by atoms with Crippen molar-refractivity contribution in [1.29, 1.82) is 0 Å². The molecule has 4 heteroatoms. The number of carbonyl (C=O) groups excluding carboxylic acids is 1. The number of hydrogen-bond acceptors (Lipinski definition) is 3. The predicted molar refractivity (Wildman–Crippen MR) is 88.4 cm³/mol. The molecular formula is C19H25FO3. The van der Waals surface area contributed by atoms with Gasteiger partial charge in [-0.1, -0.05) is 18.2 Å². The van der Waals surface area contributed by atoms with Crippen molar-refractivity contribution in [2.45, 2.75) is 45.6 Å².